The Morgan fingerprint density at radius 3 is 2.57 bits per heavy atom. The minimum absolute atomic E-state index is 0.169. The Hall–Kier alpha value is -2.30. The lowest BCUT2D eigenvalue weighted by Crippen LogP contribution is -2.38. The monoisotopic (exact) mass is 286 g/mol. The number of carbonyl (C=O) groups is 1. The average Bonchev–Trinajstić information content (AvgIpc) is 2.91. The first-order valence-electron chi connectivity index (χ1n) is 7.34. The first kappa shape index (κ1) is 13.7. The molecule has 1 fully saturated rings. The van der Waals surface area contributed by atoms with Gasteiger partial charge in [0.15, 0.2) is 0 Å². The second-order valence-electron chi connectivity index (χ2n) is 5.38. The number of nitrogens with one attached hydrogen (secondary N) is 1. The highest BCUT2D eigenvalue weighted by Gasteiger charge is 2.20. The maximum Gasteiger partial charge on any atom is 0.358 e. The topological polar surface area (TPSA) is 64.2 Å². The average molecular weight is 286 g/mol. The number of nitrogens with zero attached hydrogens (tertiary/aromatic N) is 1. The molecule has 1 aliphatic carbocycles. The maximum atomic E-state index is 12.3. The number of carbonyl (C=O) groups excluding carboxylic acids is 1. The number of benzene rings is 1. The van der Waals surface area contributed by atoms with Crippen molar-refractivity contribution in [3.05, 3.63) is 46.8 Å². The predicted octanol–water partition coefficient (Wildman–Crippen LogP) is 3.00. The van der Waals surface area contributed by atoms with Gasteiger partial charge < -0.3 is 9.84 Å². The molecule has 0 unspecified atom stereocenters. The highest BCUT2D eigenvalue weighted by molar-refractivity contribution is 5.81. The number of amides is 1. The minimum Gasteiger partial charge on any atom is -0.332 e. The normalized spacial score (nSPS) is 15.8. The number of hydrogen-bond acceptors (Lipinski definition) is 3. The molecule has 21 heavy (non-hydrogen) atoms. The van der Waals surface area contributed by atoms with Gasteiger partial charge in [-0.1, -0.05) is 49.6 Å². The summed E-state index contributed by atoms with van der Waals surface area (Å²) in [5.41, 5.74) is 0.740. The molecule has 110 valence electrons. The first-order chi connectivity index (χ1) is 10.2. The zero-order valence-electron chi connectivity index (χ0n) is 11.7. The molecule has 3 rings (SSSR count). The van der Waals surface area contributed by atoms with E-state index in [0.717, 1.165) is 36.0 Å². The van der Waals surface area contributed by atoms with Gasteiger partial charge in [-0.25, -0.2) is 9.59 Å². The molecule has 0 atom stereocenters. The maximum absolute atomic E-state index is 12.3. The zero-order valence-corrected chi connectivity index (χ0v) is 11.7. The Morgan fingerprint density at radius 2 is 1.86 bits per heavy atom. The van der Waals surface area contributed by atoms with Gasteiger partial charge in [0.25, 0.3) is 0 Å². The molecule has 2 aromatic rings. The number of rotatable bonds is 2. The lowest BCUT2D eigenvalue weighted by atomic mass is 9.96. The third kappa shape index (κ3) is 3.07. The fourth-order valence-corrected chi connectivity index (χ4v) is 2.78. The summed E-state index contributed by atoms with van der Waals surface area (Å²) in [5.74, 6) is 0. The van der Waals surface area contributed by atoms with Gasteiger partial charge in [0.2, 0.25) is 0 Å². The number of aromatic nitrogens is 1. The van der Waals surface area contributed by atoms with E-state index in [2.05, 4.69) is 5.32 Å². The summed E-state index contributed by atoms with van der Waals surface area (Å²) in [7, 11) is 0. The van der Waals surface area contributed by atoms with Crippen molar-refractivity contribution in [2.75, 3.05) is 0 Å². The molecule has 1 amide bonds. The summed E-state index contributed by atoms with van der Waals surface area (Å²) in [5, 5.41) is 2.95. The van der Waals surface area contributed by atoms with Gasteiger partial charge in [-0.05, 0) is 12.8 Å². The van der Waals surface area contributed by atoms with Crippen LogP contribution in [0.15, 0.2) is 45.7 Å². The summed E-state index contributed by atoms with van der Waals surface area (Å²) in [6.45, 7) is 0. The molecule has 0 saturated heterocycles. The molecule has 5 nitrogen and oxygen atoms in total. The molecule has 0 radical (unpaired) electrons. The molecular weight excluding hydrogens is 268 g/mol. The van der Waals surface area contributed by atoms with Crippen molar-refractivity contribution >= 4 is 6.03 Å². The van der Waals surface area contributed by atoms with Crippen molar-refractivity contribution in [2.24, 2.45) is 0 Å². The van der Waals surface area contributed by atoms with E-state index in [1.165, 1.54) is 12.5 Å². The van der Waals surface area contributed by atoms with Crippen LogP contribution in [-0.2, 0) is 0 Å². The van der Waals surface area contributed by atoms with Gasteiger partial charge in [0, 0.05) is 11.6 Å². The molecule has 5 heteroatoms. The Labute approximate surface area is 122 Å². The molecule has 0 spiro atoms. The van der Waals surface area contributed by atoms with Crippen LogP contribution in [0.25, 0.3) is 11.3 Å². The quantitative estimate of drug-likeness (QED) is 0.923. The summed E-state index contributed by atoms with van der Waals surface area (Å²) >= 11 is 0. The Bertz CT molecular complexity index is 666. The van der Waals surface area contributed by atoms with Gasteiger partial charge in [-0.3, -0.25) is 0 Å². The Balaban J connectivity index is 1.84. The number of hydrogen-bond donors (Lipinski definition) is 1. The van der Waals surface area contributed by atoms with Crippen LogP contribution in [0.4, 0.5) is 4.79 Å². The standard InChI is InChI=1S/C16H18N2O3/c19-15-11-14(12-7-3-1-4-8-12)18(21-15)16(20)17-13-9-5-2-6-10-13/h1,3-4,7-8,11,13H,2,5-6,9-10H2,(H,17,20). The van der Waals surface area contributed by atoms with Gasteiger partial charge in [0.1, 0.15) is 5.69 Å². The van der Waals surface area contributed by atoms with E-state index in [1.807, 2.05) is 30.3 Å². The molecule has 1 aromatic carbocycles. The SMILES string of the molecule is O=C(NC1CCCCC1)n1oc(=O)cc1-c1ccccc1. The van der Waals surface area contributed by atoms with Crippen LogP contribution in [0, 0.1) is 0 Å². The van der Waals surface area contributed by atoms with Gasteiger partial charge in [-0.2, -0.15) is 0 Å². The van der Waals surface area contributed by atoms with Crippen LogP contribution in [0.5, 0.6) is 0 Å². The second-order valence-corrected chi connectivity index (χ2v) is 5.38. The lowest BCUT2D eigenvalue weighted by Gasteiger charge is -2.22. The van der Waals surface area contributed by atoms with Crippen molar-refractivity contribution < 1.29 is 9.32 Å². The molecule has 1 aliphatic rings. The highest BCUT2D eigenvalue weighted by atomic mass is 16.5. The molecule has 1 heterocycles. The largest absolute Gasteiger partial charge is 0.358 e. The third-order valence-corrected chi connectivity index (χ3v) is 3.84. The van der Waals surface area contributed by atoms with Crippen LogP contribution in [0.3, 0.4) is 0 Å². The summed E-state index contributed by atoms with van der Waals surface area (Å²) < 4.78 is 6.08. The van der Waals surface area contributed by atoms with E-state index >= 15 is 0 Å². The Kier molecular flexibility index (Phi) is 3.90. The van der Waals surface area contributed by atoms with Crippen LogP contribution in [0.1, 0.15) is 32.1 Å². The van der Waals surface area contributed by atoms with E-state index in [-0.39, 0.29) is 12.1 Å². The highest BCUT2D eigenvalue weighted by Crippen LogP contribution is 2.20. The molecule has 1 saturated carbocycles. The smallest absolute Gasteiger partial charge is 0.332 e. The molecule has 1 aromatic heterocycles. The van der Waals surface area contributed by atoms with Crippen LogP contribution >= 0.6 is 0 Å². The molecule has 0 aliphatic heterocycles. The van der Waals surface area contributed by atoms with Crippen molar-refractivity contribution in [1.29, 1.82) is 0 Å². The van der Waals surface area contributed by atoms with E-state index in [4.69, 9.17) is 4.52 Å². The van der Waals surface area contributed by atoms with Crippen molar-refractivity contribution in [2.45, 2.75) is 38.1 Å². The van der Waals surface area contributed by atoms with Crippen LogP contribution in [-0.4, -0.2) is 16.8 Å². The first-order valence-corrected chi connectivity index (χ1v) is 7.34. The van der Waals surface area contributed by atoms with Gasteiger partial charge >= 0.3 is 11.7 Å². The van der Waals surface area contributed by atoms with Crippen molar-refractivity contribution in [1.82, 2.24) is 10.1 Å². The minimum atomic E-state index is -0.521. The van der Waals surface area contributed by atoms with E-state index in [9.17, 15) is 9.59 Å². The Morgan fingerprint density at radius 1 is 1.14 bits per heavy atom. The van der Waals surface area contributed by atoms with Crippen LogP contribution in [0.2, 0.25) is 0 Å². The van der Waals surface area contributed by atoms with Crippen molar-refractivity contribution in [3.8, 4) is 11.3 Å². The van der Waals surface area contributed by atoms with Crippen LogP contribution < -0.4 is 10.9 Å². The van der Waals surface area contributed by atoms with Crippen molar-refractivity contribution in [3.63, 3.8) is 0 Å². The predicted molar refractivity (Wildman–Crippen MR) is 79.2 cm³/mol. The van der Waals surface area contributed by atoms with E-state index in [0.29, 0.717) is 5.69 Å². The summed E-state index contributed by atoms with van der Waals surface area (Å²) in [4.78, 5) is 23.9. The molecule has 1 N–H and O–H groups in total. The third-order valence-electron chi connectivity index (χ3n) is 3.84. The zero-order chi connectivity index (χ0) is 14.7. The fourth-order valence-electron chi connectivity index (χ4n) is 2.78. The second kappa shape index (κ2) is 5.99. The summed E-state index contributed by atoms with van der Waals surface area (Å²) in [6, 6.07) is 10.4. The van der Waals surface area contributed by atoms with Gasteiger partial charge in [0.05, 0.1) is 6.07 Å². The van der Waals surface area contributed by atoms with Gasteiger partial charge in [-0.15, -0.1) is 4.74 Å². The van der Waals surface area contributed by atoms with E-state index in [1.54, 1.807) is 0 Å². The summed E-state index contributed by atoms with van der Waals surface area (Å²) in [6.07, 6.45) is 5.45. The van der Waals surface area contributed by atoms with E-state index < -0.39 is 5.63 Å². The molecular formula is C16H18N2O3. The molecule has 0 bridgehead atoms. The lowest BCUT2D eigenvalue weighted by molar-refractivity contribution is 0.201. The fraction of sp³-hybridized carbons (Fsp3) is 0.375.